The average molecular weight is 238 g/mol. The Hall–Kier alpha value is -1.75. The minimum atomic E-state index is -0.975. The molecule has 5 heteroatoms. The number of carboxylic acids is 1. The van der Waals surface area contributed by atoms with E-state index in [1.165, 1.54) is 6.07 Å². The van der Waals surface area contributed by atoms with Crippen LogP contribution in [0.15, 0.2) is 18.2 Å². The molecule has 0 amide bonds. The van der Waals surface area contributed by atoms with Gasteiger partial charge < -0.3 is 20.9 Å². The number of carboxylic acid groups (broad SMARTS) is 1. The van der Waals surface area contributed by atoms with E-state index in [4.69, 9.17) is 15.6 Å². The molecule has 1 aromatic rings. The Morgan fingerprint density at radius 2 is 2.24 bits per heavy atom. The molecule has 0 heterocycles. The Morgan fingerprint density at radius 1 is 1.47 bits per heavy atom. The number of nitrogens with two attached hydrogens (primary N) is 1. The zero-order chi connectivity index (χ0) is 12.7. The first-order chi connectivity index (χ1) is 8.15. The molecule has 0 saturated heterocycles. The van der Waals surface area contributed by atoms with Crippen LogP contribution in [0.4, 0.5) is 11.4 Å². The van der Waals surface area contributed by atoms with Gasteiger partial charge in [-0.2, -0.15) is 0 Å². The van der Waals surface area contributed by atoms with Gasteiger partial charge in [0.2, 0.25) is 0 Å². The molecule has 0 spiro atoms. The summed E-state index contributed by atoms with van der Waals surface area (Å²) in [6, 6.07) is 4.83. The van der Waals surface area contributed by atoms with Crippen molar-refractivity contribution in [2.45, 2.75) is 12.8 Å². The van der Waals surface area contributed by atoms with Crippen molar-refractivity contribution < 1.29 is 14.6 Å². The third-order valence-corrected chi connectivity index (χ3v) is 2.36. The van der Waals surface area contributed by atoms with Gasteiger partial charge in [-0.15, -0.1) is 0 Å². The van der Waals surface area contributed by atoms with Gasteiger partial charge in [-0.3, -0.25) is 0 Å². The monoisotopic (exact) mass is 238 g/mol. The molecule has 0 radical (unpaired) electrons. The molecule has 0 aliphatic heterocycles. The number of rotatable bonds is 7. The quantitative estimate of drug-likeness (QED) is 0.498. The largest absolute Gasteiger partial charge is 0.478 e. The summed E-state index contributed by atoms with van der Waals surface area (Å²) in [7, 11) is 1.66. The van der Waals surface area contributed by atoms with Crippen molar-refractivity contribution in [1.82, 2.24) is 0 Å². The summed E-state index contributed by atoms with van der Waals surface area (Å²) < 4.78 is 4.93. The van der Waals surface area contributed by atoms with Gasteiger partial charge in [-0.05, 0) is 31.0 Å². The van der Waals surface area contributed by atoms with Crippen LogP contribution >= 0.6 is 0 Å². The summed E-state index contributed by atoms with van der Waals surface area (Å²) in [6.45, 7) is 1.43. The van der Waals surface area contributed by atoms with Crippen LogP contribution in [0.3, 0.4) is 0 Å². The number of nitrogen functional groups attached to an aromatic ring is 1. The van der Waals surface area contributed by atoms with Crippen molar-refractivity contribution >= 4 is 17.3 Å². The highest BCUT2D eigenvalue weighted by molar-refractivity contribution is 5.95. The lowest BCUT2D eigenvalue weighted by Crippen LogP contribution is -2.08. The lowest BCUT2D eigenvalue weighted by Gasteiger charge is -2.10. The predicted octanol–water partition coefficient (Wildman–Crippen LogP) is 1.81. The molecule has 0 atom stereocenters. The minimum absolute atomic E-state index is 0.205. The van der Waals surface area contributed by atoms with E-state index in [0.717, 1.165) is 19.4 Å². The van der Waals surface area contributed by atoms with Gasteiger partial charge in [0.05, 0.1) is 5.56 Å². The second-order valence-corrected chi connectivity index (χ2v) is 3.74. The highest BCUT2D eigenvalue weighted by atomic mass is 16.5. The number of hydrogen-bond donors (Lipinski definition) is 3. The first kappa shape index (κ1) is 13.3. The van der Waals surface area contributed by atoms with Crippen LogP contribution in [0, 0.1) is 0 Å². The number of hydrogen-bond acceptors (Lipinski definition) is 4. The third kappa shape index (κ3) is 4.32. The van der Waals surface area contributed by atoms with E-state index in [1.807, 2.05) is 0 Å². The van der Waals surface area contributed by atoms with Crippen LogP contribution in [0.2, 0.25) is 0 Å². The van der Waals surface area contributed by atoms with E-state index in [1.54, 1.807) is 19.2 Å². The van der Waals surface area contributed by atoms with Crippen molar-refractivity contribution in [3.63, 3.8) is 0 Å². The van der Waals surface area contributed by atoms with Gasteiger partial charge in [0.25, 0.3) is 0 Å². The molecule has 0 aliphatic carbocycles. The van der Waals surface area contributed by atoms with Crippen molar-refractivity contribution in [2.75, 3.05) is 31.3 Å². The molecule has 0 aliphatic rings. The summed E-state index contributed by atoms with van der Waals surface area (Å²) in [5.41, 5.74) is 6.81. The zero-order valence-electron chi connectivity index (χ0n) is 9.90. The van der Waals surface area contributed by atoms with Gasteiger partial charge >= 0.3 is 5.97 Å². The average Bonchev–Trinajstić information content (AvgIpc) is 2.30. The molecule has 1 aromatic carbocycles. The summed E-state index contributed by atoms with van der Waals surface area (Å²) in [5, 5.41) is 12.1. The van der Waals surface area contributed by atoms with Gasteiger partial charge in [0.15, 0.2) is 0 Å². The Bertz CT molecular complexity index is 380. The Kier molecular flexibility index (Phi) is 5.29. The lowest BCUT2D eigenvalue weighted by atomic mass is 10.1. The van der Waals surface area contributed by atoms with Crippen LogP contribution in [0.25, 0.3) is 0 Å². The Labute approximate surface area is 101 Å². The molecular formula is C12H18N2O3. The molecule has 4 N–H and O–H groups in total. The molecule has 1 rings (SSSR count). The van der Waals surface area contributed by atoms with Crippen molar-refractivity contribution in [1.29, 1.82) is 0 Å². The van der Waals surface area contributed by atoms with Crippen molar-refractivity contribution in [2.24, 2.45) is 0 Å². The van der Waals surface area contributed by atoms with E-state index in [2.05, 4.69) is 5.32 Å². The standard InChI is InChI=1S/C12H18N2O3/c1-17-7-3-2-6-14-11-5-4-9(13)8-10(11)12(15)16/h4-5,8,14H,2-3,6-7,13H2,1H3,(H,15,16). The number of nitrogens with one attached hydrogen (secondary N) is 1. The number of ether oxygens (including phenoxy) is 1. The van der Waals surface area contributed by atoms with Crippen LogP contribution in [-0.4, -0.2) is 31.3 Å². The Balaban J connectivity index is 2.55. The highest BCUT2D eigenvalue weighted by Crippen LogP contribution is 2.18. The number of anilines is 2. The zero-order valence-corrected chi connectivity index (χ0v) is 9.90. The second kappa shape index (κ2) is 6.75. The fourth-order valence-corrected chi connectivity index (χ4v) is 1.49. The summed E-state index contributed by atoms with van der Waals surface area (Å²) in [5.74, 6) is -0.975. The molecule has 0 bridgehead atoms. The molecule has 5 nitrogen and oxygen atoms in total. The predicted molar refractivity (Wildman–Crippen MR) is 67.4 cm³/mol. The van der Waals surface area contributed by atoms with Crippen molar-refractivity contribution in [3.8, 4) is 0 Å². The number of carbonyl (C=O) groups is 1. The lowest BCUT2D eigenvalue weighted by molar-refractivity contribution is 0.0698. The molecule has 0 fully saturated rings. The van der Waals surface area contributed by atoms with Crippen LogP contribution < -0.4 is 11.1 Å². The Morgan fingerprint density at radius 3 is 2.88 bits per heavy atom. The third-order valence-electron chi connectivity index (χ3n) is 2.36. The number of aromatic carboxylic acids is 1. The molecule has 94 valence electrons. The highest BCUT2D eigenvalue weighted by Gasteiger charge is 2.09. The van der Waals surface area contributed by atoms with Gasteiger partial charge in [-0.1, -0.05) is 0 Å². The first-order valence-corrected chi connectivity index (χ1v) is 5.50. The SMILES string of the molecule is COCCCCNc1ccc(N)cc1C(=O)O. The summed E-state index contributed by atoms with van der Waals surface area (Å²) >= 11 is 0. The van der Waals surface area contributed by atoms with Crippen LogP contribution in [0.1, 0.15) is 23.2 Å². The number of methoxy groups -OCH3 is 1. The maximum atomic E-state index is 11.0. The maximum absolute atomic E-state index is 11.0. The molecule has 0 saturated carbocycles. The van der Waals surface area contributed by atoms with Gasteiger partial charge in [0.1, 0.15) is 0 Å². The molecule has 17 heavy (non-hydrogen) atoms. The minimum Gasteiger partial charge on any atom is -0.478 e. The van der Waals surface area contributed by atoms with Crippen LogP contribution in [0.5, 0.6) is 0 Å². The number of benzene rings is 1. The molecule has 0 unspecified atom stereocenters. The van der Waals surface area contributed by atoms with E-state index >= 15 is 0 Å². The topological polar surface area (TPSA) is 84.6 Å². The summed E-state index contributed by atoms with van der Waals surface area (Å²) in [6.07, 6.45) is 1.87. The first-order valence-electron chi connectivity index (χ1n) is 5.50. The van der Waals surface area contributed by atoms with E-state index in [-0.39, 0.29) is 5.56 Å². The molecular weight excluding hydrogens is 220 g/mol. The fraction of sp³-hybridized carbons (Fsp3) is 0.417. The normalized spacial score (nSPS) is 10.2. The van der Waals surface area contributed by atoms with Crippen molar-refractivity contribution in [3.05, 3.63) is 23.8 Å². The van der Waals surface area contributed by atoms with Gasteiger partial charge in [0, 0.05) is 31.6 Å². The van der Waals surface area contributed by atoms with Gasteiger partial charge in [-0.25, -0.2) is 4.79 Å². The fourth-order valence-electron chi connectivity index (χ4n) is 1.49. The van der Waals surface area contributed by atoms with Crippen LogP contribution in [-0.2, 0) is 4.74 Å². The van der Waals surface area contributed by atoms with E-state index in [9.17, 15) is 4.79 Å². The maximum Gasteiger partial charge on any atom is 0.337 e. The van der Waals surface area contributed by atoms with E-state index < -0.39 is 5.97 Å². The smallest absolute Gasteiger partial charge is 0.337 e. The van der Waals surface area contributed by atoms with E-state index in [0.29, 0.717) is 17.9 Å². The summed E-state index contributed by atoms with van der Waals surface area (Å²) in [4.78, 5) is 11.0. The number of unbranched alkanes of at least 4 members (excludes halogenated alkanes) is 1. The second-order valence-electron chi connectivity index (χ2n) is 3.74. The molecule has 0 aromatic heterocycles.